The summed E-state index contributed by atoms with van der Waals surface area (Å²) in [5, 5.41) is 3.55. The fourth-order valence-electron chi connectivity index (χ4n) is 2.38. The van der Waals surface area contributed by atoms with Crippen LogP contribution in [0.15, 0.2) is 24.3 Å². The van der Waals surface area contributed by atoms with Crippen LogP contribution in [-0.4, -0.2) is 12.6 Å². The number of rotatable bonds is 6. The molecule has 2 rings (SSSR count). The molecular formula is C17H26FN. The maximum absolute atomic E-state index is 14.0. The molecule has 2 heteroatoms. The van der Waals surface area contributed by atoms with Gasteiger partial charge in [-0.05, 0) is 48.6 Å². The SMILES string of the molecule is CC(C)(C)CCC(CNC1CC1)c1ccccc1F. The lowest BCUT2D eigenvalue weighted by Gasteiger charge is -2.24. The van der Waals surface area contributed by atoms with Gasteiger partial charge in [0.2, 0.25) is 0 Å². The smallest absolute Gasteiger partial charge is 0.126 e. The molecule has 1 aliphatic rings. The first-order chi connectivity index (χ1) is 8.96. The van der Waals surface area contributed by atoms with Crippen molar-refractivity contribution in [3.63, 3.8) is 0 Å². The van der Waals surface area contributed by atoms with Crippen LogP contribution in [-0.2, 0) is 0 Å². The minimum absolute atomic E-state index is 0.0565. The lowest BCUT2D eigenvalue weighted by Crippen LogP contribution is -2.25. The first kappa shape index (κ1) is 14.5. The molecule has 1 atom stereocenters. The Kier molecular flexibility index (Phi) is 4.62. The summed E-state index contributed by atoms with van der Waals surface area (Å²) in [7, 11) is 0. The Morgan fingerprint density at radius 3 is 2.53 bits per heavy atom. The number of benzene rings is 1. The first-order valence-electron chi connectivity index (χ1n) is 7.43. The summed E-state index contributed by atoms with van der Waals surface area (Å²) < 4.78 is 14.0. The van der Waals surface area contributed by atoms with E-state index in [1.54, 1.807) is 12.1 Å². The fourth-order valence-corrected chi connectivity index (χ4v) is 2.38. The maximum Gasteiger partial charge on any atom is 0.126 e. The molecule has 0 saturated heterocycles. The van der Waals surface area contributed by atoms with Crippen molar-refractivity contribution in [1.82, 2.24) is 5.32 Å². The second-order valence-electron chi connectivity index (χ2n) is 7.00. The molecule has 0 spiro atoms. The average Bonchev–Trinajstić information content (AvgIpc) is 3.13. The molecule has 1 unspecified atom stereocenters. The summed E-state index contributed by atoms with van der Waals surface area (Å²) in [6, 6.07) is 7.92. The Bertz CT molecular complexity index is 404. The van der Waals surface area contributed by atoms with Gasteiger partial charge in [-0.15, -0.1) is 0 Å². The summed E-state index contributed by atoms with van der Waals surface area (Å²) in [6.07, 6.45) is 4.73. The second kappa shape index (κ2) is 6.04. The van der Waals surface area contributed by atoms with Crippen molar-refractivity contribution in [1.29, 1.82) is 0 Å². The van der Waals surface area contributed by atoms with Crippen LogP contribution < -0.4 is 5.32 Å². The van der Waals surface area contributed by atoms with Crippen molar-refractivity contribution >= 4 is 0 Å². The molecule has 0 aromatic heterocycles. The van der Waals surface area contributed by atoms with Crippen molar-refractivity contribution < 1.29 is 4.39 Å². The molecule has 1 aromatic carbocycles. The minimum atomic E-state index is -0.0565. The van der Waals surface area contributed by atoms with Crippen molar-refractivity contribution in [2.45, 2.75) is 58.4 Å². The Labute approximate surface area is 116 Å². The standard InChI is InChI=1S/C17H26FN/c1-17(2,3)11-10-13(12-19-14-8-9-14)15-6-4-5-7-16(15)18/h4-7,13-14,19H,8-12H2,1-3H3. The Morgan fingerprint density at radius 1 is 1.26 bits per heavy atom. The Hall–Kier alpha value is -0.890. The van der Waals surface area contributed by atoms with Crippen molar-refractivity contribution in [3.05, 3.63) is 35.6 Å². The molecular weight excluding hydrogens is 237 g/mol. The van der Waals surface area contributed by atoms with Gasteiger partial charge in [0.25, 0.3) is 0 Å². The van der Waals surface area contributed by atoms with Gasteiger partial charge >= 0.3 is 0 Å². The van der Waals surface area contributed by atoms with Gasteiger partial charge in [-0.1, -0.05) is 39.0 Å². The highest BCUT2D eigenvalue weighted by Gasteiger charge is 2.24. The Morgan fingerprint density at radius 2 is 1.95 bits per heavy atom. The number of hydrogen-bond acceptors (Lipinski definition) is 1. The van der Waals surface area contributed by atoms with Crippen molar-refractivity contribution in [2.24, 2.45) is 5.41 Å². The largest absolute Gasteiger partial charge is 0.313 e. The van der Waals surface area contributed by atoms with Crippen LogP contribution in [0.2, 0.25) is 0 Å². The maximum atomic E-state index is 14.0. The molecule has 1 N–H and O–H groups in total. The van der Waals surface area contributed by atoms with E-state index in [2.05, 4.69) is 26.1 Å². The lowest BCUT2D eigenvalue weighted by atomic mass is 9.84. The average molecular weight is 263 g/mol. The van der Waals surface area contributed by atoms with Crippen LogP contribution in [0.4, 0.5) is 4.39 Å². The predicted molar refractivity (Wildman–Crippen MR) is 78.9 cm³/mol. The summed E-state index contributed by atoms with van der Waals surface area (Å²) >= 11 is 0. The van der Waals surface area contributed by atoms with Gasteiger partial charge in [-0.25, -0.2) is 4.39 Å². The van der Waals surface area contributed by atoms with Gasteiger partial charge in [0.1, 0.15) is 5.82 Å². The van der Waals surface area contributed by atoms with Gasteiger partial charge in [-0.2, -0.15) is 0 Å². The molecule has 0 heterocycles. The third-order valence-electron chi connectivity index (χ3n) is 3.82. The number of nitrogens with one attached hydrogen (secondary N) is 1. The quantitative estimate of drug-likeness (QED) is 0.797. The molecule has 0 aliphatic heterocycles. The fraction of sp³-hybridized carbons (Fsp3) is 0.647. The van der Waals surface area contributed by atoms with E-state index < -0.39 is 0 Å². The molecule has 106 valence electrons. The number of hydrogen-bond donors (Lipinski definition) is 1. The normalized spacial score (nSPS) is 17.5. The predicted octanol–water partition coefficient (Wildman–Crippen LogP) is 4.49. The van der Waals surface area contributed by atoms with E-state index >= 15 is 0 Å². The van der Waals surface area contributed by atoms with E-state index in [1.165, 1.54) is 12.8 Å². The monoisotopic (exact) mass is 263 g/mol. The van der Waals surface area contributed by atoms with Crippen LogP contribution in [0, 0.1) is 11.2 Å². The van der Waals surface area contributed by atoms with E-state index in [1.807, 2.05) is 12.1 Å². The van der Waals surface area contributed by atoms with Gasteiger partial charge in [0, 0.05) is 12.6 Å². The first-order valence-corrected chi connectivity index (χ1v) is 7.43. The van der Waals surface area contributed by atoms with E-state index in [0.29, 0.717) is 17.4 Å². The Balaban J connectivity index is 2.01. The van der Waals surface area contributed by atoms with Gasteiger partial charge in [0.05, 0.1) is 0 Å². The molecule has 19 heavy (non-hydrogen) atoms. The zero-order valence-corrected chi connectivity index (χ0v) is 12.4. The van der Waals surface area contributed by atoms with Crippen LogP contribution in [0.5, 0.6) is 0 Å². The molecule has 1 aliphatic carbocycles. The zero-order valence-electron chi connectivity index (χ0n) is 12.4. The molecule has 1 fully saturated rings. The summed E-state index contributed by atoms with van der Waals surface area (Å²) in [6.45, 7) is 7.65. The third kappa shape index (κ3) is 4.94. The van der Waals surface area contributed by atoms with E-state index in [9.17, 15) is 4.39 Å². The minimum Gasteiger partial charge on any atom is -0.313 e. The van der Waals surface area contributed by atoms with Crippen LogP contribution in [0.1, 0.15) is 57.9 Å². The van der Waals surface area contributed by atoms with Crippen LogP contribution in [0.3, 0.4) is 0 Å². The highest BCUT2D eigenvalue weighted by molar-refractivity contribution is 5.22. The molecule has 1 aromatic rings. The molecule has 0 bridgehead atoms. The lowest BCUT2D eigenvalue weighted by molar-refractivity contribution is 0.341. The third-order valence-corrected chi connectivity index (χ3v) is 3.82. The van der Waals surface area contributed by atoms with Crippen LogP contribution in [0.25, 0.3) is 0 Å². The van der Waals surface area contributed by atoms with E-state index in [0.717, 1.165) is 24.9 Å². The van der Waals surface area contributed by atoms with Crippen molar-refractivity contribution in [2.75, 3.05) is 6.54 Å². The van der Waals surface area contributed by atoms with Gasteiger partial charge in [0.15, 0.2) is 0 Å². The highest BCUT2D eigenvalue weighted by Crippen LogP contribution is 2.30. The highest BCUT2D eigenvalue weighted by atomic mass is 19.1. The van der Waals surface area contributed by atoms with Crippen LogP contribution >= 0.6 is 0 Å². The van der Waals surface area contributed by atoms with E-state index in [4.69, 9.17) is 0 Å². The number of halogens is 1. The van der Waals surface area contributed by atoms with Crippen molar-refractivity contribution in [3.8, 4) is 0 Å². The molecule has 1 saturated carbocycles. The van der Waals surface area contributed by atoms with Gasteiger partial charge < -0.3 is 5.32 Å². The molecule has 0 radical (unpaired) electrons. The topological polar surface area (TPSA) is 12.0 Å². The zero-order chi connectivity index (χ0) is 13.9. The molecule has 1 nitrogen and oxygen atoms in total. The summed E-state index contributed by atoms with van der Waals surface area (Å²) in [5.74, 6) is 0.236. The molecule has 0 amide bonds. The summed E-state index contributed by atoms with van der Waals surface area (Å²) in [4.78, 5) is 0. The van der Waals surface area contributed by atoms with E-state index in [-0.39, 0.29) is 5.82 Å². The summed E-state index contributed by atoms with van der Waals surface area (Å²) in [5.41, 5.74) is 1.18. The van der Waals surface area contributed by atoms with Gasteiger partial charge in [-0.3, -0.25) is 0 Å². The second-order valence-corrected chi connectivity index (χ2v) is 7.00.